The van der Waals surface area contributed by atoms with Crippen molar-refractivity contribution >= 4 is 5.96 Å². The van der Waals surface area contributed by atoms with E-state index in [0.29, 0.717) is 6.54 Å². The number of hydrogen-bond donors (Lipinski definition) is 2. The number of hydrogen-bond acceptors (Lipinski definition) is 5. The molecule has 0 aliphatic heterocycles. The number of nitrogens with zero attached hydrogens (tertiary/aromatic N) is 4. The summed E-state index contributed by atoms with van der Waals surface area (Å²) >= 11 is 0. The monoisotopic (exact) mass is 408 g/mol. The molecule has 0 spiro atoms. The third-order valence-electron chi connectivity index (χ3n) is 4.53. The zero-order chi connectivity index (χ0) is 21.2. The number of benzene rings is 2. The van der Waals surface area contributed by atoms with Gasteiger partial charge in [0.05, 0.1) is 14.2 Å². The van der Waals surface area contributed by atoms with Crippen molar-refractivity contribution in [1.82, 2.24) is 25.4 Å². The minimum absolute atomic E-state index is 0.417. The minimum atomic E-state index is 0.417. The number of methoxy groups -OCH3 is 2. The zero-order valence-electron chi connectivity index (χ0n) is 17.6. The lowest BCUT2D eigenvalue weighted by atomic mass is 10.1. The summed E-state index contributed by atoms with van der Waals surface area (Å²) in [6.45, 7) is 3.96. The summed E-state index contributed by atoms with van der Waals surface area (Å²) in [5.74, 6) is 2.97. The van der Waals surface area contributed by atoms with Crippen LogP contribution < -0.4 is 20.1 Å². The average molecular weight is 409 g/mol. The molecule has 1 aromatic heterocycles. The van der Waals surface area contributed by atoms with Crippen molar-refractivity contribution in [2.24, 2.45) is 4.99 Å². The summed E-state index contributed by atoms with van der Waals surface area (Å²) in [5.41, 5.74) is 2.17. The molecule has 0 saturated heterocycles. The molecule has 8 nitrogen and oxygen atoms in total. The van der Waals surface area contributed by atoms with E-state index in [9.17, 15) is 0 Å². The Morgan fingerprint density at radius 3 is 2.57 bits per heavy atom. The van der Waals surface area contributed by atoms with Gasteiger partial charge in [-0.05, 0) is 43.2 Å². The summed E-state index contributed by atoms with van der Waals surface area (Å²) in [4.78, 5) is 4.66. The highest BCUT2D eigenvalue weighted by Gasteiger charge is 2.07. The molecule has 0 aliphatic carbocycles. The van der Waals surface area contributed by atoms with Gasteiger partial charge in [0.1, 0.15) is 12.9 Å². The maximum atomic E-state index is 5.37. The molecule has 0 amide bonds. The Morgan fingerprint density at radius 1 is 1.03 bits per heavy atom. The van der Waals surface area contributed by atoms with Crippen molar-refractivity contribution < 1.29 is 9.47 Å². The van der Waals surface area contributed by atoms with Crippen molar-refractivity contribution in [3.63, 3.8) is 0 Å². The van der Waals surface area contributed by atoms with E-state index in [4.69, 9.17) is 9.47 Å². The molecule has 0 aliphatic rings. The molecule has 0 radical (unpaired) electrons. The van der Waals surface area contributed by atoms with Gasteiger partial charge in [-0.1, -0.05) is 24.3 Å². The highest BCUT2D eigenvalue weighted by molar-refractivity contribution is 5.79. The molecule has 1 heterocycles. The minimum Gasteiger partial charge on any atom is -0.493 e. The van der Waals surface area contributed by atoms with Crippen molar-refractivity contribution in [2.75, 3.05) is 27.3 Å². The zero-order valence-corrected chi connectivity index (χ0v) is 17.6. The van der Waals surface area contributed by atoms with Gasteiger partial charge in [0.15, 0.2) is 23.3 Å². The number of aromatic nitrogens is 3. The number of nitrogens with one attached hydrogen (secondary N) is 2. The van der Waals surface area contributed by atoms with Crippen LogP contribution in [-0.4, -0.2) is 48.0 Å². The number of guanidine groups is 1. The first-order valence-electron chi connectivity index (χ1n) is 9.92. The Labute approximate surface area is 177 Å². The fourth-order valence-corrected chi connectivity index (χ4v) is 3.02. The molecule has 30 heavy (non-hydrogen) atoms. The molecule has 2 aromatic carbocycles. The van der Waals surface area contributed by atoms with Crippen molar-refractivity contribution in [2.45, 2.75) is 19.9 Å². The first kappa shape index (κ1) is 21.2. The quantitative estimate of drug-likeness (QED) is 0.418. The Bertz CT molecular complexity index is 955. The van der Waals surface area contributed by atoms with E-state index in [1.165, 1.54) is 0 Å². The van der Waals surface area contributed by atoms with Crippen LogP contribution in [0.5, 0.6) is 11.5 Å². The molecule has 0 bridgehead atoms. The molecule has 0 unspecified atom stereocenters. The summed E-state index contributed by atoms with van der Waals surface area (Å²) in [7, 11) is 3.28. The first-order valence-corrected chi connectivity index (χ1v) is 9.92. The number of para-hydroxylation sites is 1. The van der Waals surface area contributed by atoms with E-state index < -0.39 is 0 Å². The number of rotatable bonds is 9. The molecule has 2 N–H and O–H groups in total. The Hall–Kier alpha value is -3.55. The van der Waals surface area contributed by atoms with E-state index in [-0.39, 0.29) is 0 Å². The standard InChI is InChI=1S/C22H28N6O2/c1-4-23-22(24-13-12-17-10-11-19(29-2)20(14-17)30-3)25-15-21-27-26-16-28(21)18-8-6-5-7-9-18/h5-11,14,16H,4,12-13,15H2,1-3H3,(H2,23,24,25). The molecular weight excluding hydrogens is 380 g/mol. The predicted molar refractivity (Wildman–Crippen MR) is 117 cm³/mol. The van der Waals surface area contributed by atoms with Crippen LogP contribution in [0.1, 0.15) is 18.3 Å². The molecule has 8 heteroatoms. The van der Waals surface area contributed by atoms with E-state index >= 15 is 0 Å². The average Bonchev–Trinajstić information content (AvgIpc) is 3.26. The van der Waals surface area contributed by atoms with Crippen LogP contribution in [0.25, 0.3) is 5.69 Å². The van der Waals surface area contributed by atoms with E-state index in [2.05, 4.69) is 25.8 Å². The number of aliphatic imine (C=N–C) groups is 1. The fraction of sp³-hybridized carbons (Fsp3) is 0.318. The maximum Gasteiger partial charge on any atom is 0.191 e. The van der Waals surface area contributed by atoms with E-state index in [1.807, 2.05) is 60.0 Å². The van der Waals surface area contributed by atoms with Gasteiger partial charge in [-0.15, -0.1) is 10.2 Å². The topological polar surface area (TPSA) is 85.6 Å². The lowest BCUT2D eigenvalue weighted by Gasteiger charge is -2.13. The molecule has 158 valence electrons. The van der Waals surface area contributed by atoms with Gasteiger partial charge in [0, 0.05) is 18.8 Å². The second-order valence-electron chi connectivity index (χ2n) is 6.51. The molecule has 0 fully saturated rings. The number of ether oxygens (including phenoxy) is 2. The van der Waals surface area contributed by atoms with Crippen LogP contribution in [0.3, 0.4) is 0 Å². The summed E-state index contributed by atoms with van der Waals surface area (Å²) in [6, 6.07) is 15.9. The van der Waals surface area contributed by atoms with Gasteiger partial charge < -0.3 is 20.1 Å². The van der Waals surface area contributed by atoms with Crippen molar-refractivity contribution in [1.29, 1.82) is 0 Å². The third kappa shape index (κ3) is 5.50. The van der Waals surface area contributed by atoms with Gasteiger partial charge in [-0.25, -0.2) is 4.99 Å². The Kier molecular flexibility index (Phi) is 7.65. The van der Waals surface area contributed by atoms with Crippen molar-refractivity contribution in [3.8, 4) is 17.2 Å². The van der Waals surface area contributed by atoms with E-state index in [0.717, 1.165) is 54.0 Å². The highest BCUT2D eigenvalue weighted by atomic mass is 16.5. The van der Waals surface area contributed by atoms with Gasteiger partial charge >= 0.3 is 0 Å². The predicted octanol–water partition coefficient (Wildman–Crippen LogP) is 2.58. The smallest absolute Gasteiger partial charge is 0.191 e. The summed E-state index contributed by atoms with van der Waals surface area (Å²) < 4.78 is 12.6. The van der Waals surface area contributed by atoms with Crippen LogP contribution in [0.4, 0.5) is 0 Å². The largest absolute Gasteiger partial charge is 0.493 e. The second kappa shape index (κ2) is 10.8. The normalized spacial score (nSPS) is 11.2. The molecule has 3 rings (SSSR count). The Balaban J connectivity index is 1.61. The fourth-order valence-electron chi connectivity index (χ4n) is 3.02. The SMILES string of the molecule is CCNC(=NCc1nncn1-c1ccccc1)NCCc1ccc(OC)c(OC)c1. The lowest BCUT2D eigenvalue weighted by Crippen LogP contribution is -2.38. The third-order valence-corrected chi connectivity index (χ3v) is 4.53. The molecule has 0 saturated carbocycles. The summed E-state index contributed by atoms with van der Waals surface area (Å²) in [6.07, 6.45) is 2.53. The van der Waals surface area contributed by atoms with Gasteiger partial charge in [-0.3, -0.25) is 4.57 Å². The first-order chi connectivity index (χ1) is 14.7. The molecule has 3 aromatic rings. The van der Waals surface area contributed by atoms with Crippen molar-refractivity contribution in [3.05, 3.63) is 66.2 Å². The highest BCUT2D eigenvalue weighted by Crippen LogP contribution is 2.27. The van der Waals surface area contributed by atoms with Gasteiger partial charge in [0.2, 0.25) is 0 Å². The van der Waals surface area contributed by atoms with Gasteiger partial charge in [-0.2, -0.15) is 0 Å². The Morgan fingerprint density at radius 2 is 1.83 bits per heavy atom. The maximum absolute atomic E-state index is 5.37. The second-order valence-corrected chi connectivity index (χ2v) is 6.51. The van der Waals surface area contributed by atoms with Crippen LogP contribution in [0.2, 0.25) is 0 Å². The lowest BCUT2D eigenvalue weighted by molar-refractivity contribution is 0.354. The van der Waals surface area contributed by atoms with Crippen LogP contribution >= 0.6 is 0 Å². The summed E-state index contributed by atoms with van der Waals surface area (Å²) in [5, 5.41) is 14.9. The van der Waals surface area contributed by atoms with Crippen LogP contribution in [-0.2, 0) is 13.0 Å². The molecule has 0 atom stereocenters. The van der Waals surface area contributed by atoms with Gasteiger partial charge in [0.25, 0.3) is 0 Å². The molecular formula is C22H28N6O2. The van der Waals surface area contributed by atoms with Crippen LogP contribution in [0.15, 0.2) is 59.9 Å². The van der Waals surface area contributed by atoms with Crippen LogP contribution in [0, 0.1) is 0 Å². The van der Waals surface area contributed by atoms with E-state index in [1.54, 1.807) is 20.5 Å².